The van der Waals surface area contributed by atoms with Gasteiger partial charge in [0, 0.05) is 18.9 Å². The Labute approximate surface area is 181 Å². The van der Waals surface area contributed by atoms with Crippen molar-refractivity contribution >= 4 is 23.5 Å². The van der Waals surface area contributed by atoms with Crippen molar-refractivity contribution in [2.24, 2.45) is 17.6 Å². The van der Waals surface area contributed by atoms with Crippen molar-refractivity contribution < 1.29 is 29.0 Å². The summed E-state index contributed by atoms with van der Waals surface area (Å²) < 4.78 is 5.16. The predicted molar refractivity (Wildman–Crippen MR) is 113 cm³/mol. The largest absolute Gasteiger partial charge is 0.508 e. The maximum Gasteiger partial charge on any atom is 0.253 e. The van der Waals surface area contributed by atoms with E-state index in [1.165, 1.54) is 12.1 Å². The van der Waals surface area contributed by atoms with Crippen molar-refractivity contribution in [2.45, 2.75) is 58.3 Å². The van der Waals surface area contributed by atoms with Crippen LogP contribution in [0.25, 0.3) is 0 Å². The Morgan fingerprint density at radius 1 is 1.10 bits per heavy atom. The molecule has 0 saturated carbocycles. The number of phenols is 1. The molecule has 0 aromatic heterocycles. The van der Waals surface area contributed by atoms with E-state index in [4.69, 9.17) is 10.5 Å². The molecule has 0 radical (unpaired) electrons. The van der Waals surface area contributed by atoms with Crippen molar-refractivity contribution in [1.82, 2.24) is 10.6 Å². The average molecular weight is 434 g/mol. The van der Waals surface area contributed by atoms with E-state index in [1.807, 2.05) is 13.8 Å². The number of Topliss-reactive ketones (excluding diaryl/α,β-unsaturated/α-hetero) is 1. The number of hydrogen-bond acceptors (Lipinski definition) is 6. The third-order valence-corrected chi connectivity index (χ3v) is 5.04. The number of nitrogens with one attached hydrogen (secondary N) is 2. The topological polar surface area (TPSA) is 151 Å². The van der Waals surface area contributed by atoms with E-state index in [0.29, 0.717) is 13.0 Å². The van der Waals surface area contributed by atoms with Gasteiger partial charge in [-0.25, -0.2) is 0 Å². The summed E-state index contributed by atoms with van der Waals surface area (Å²) in [7, 11) is 0. The zero-order chi connectivity index (χ0) is 23.1. The zero-order valence-corrected chi connectivity index (χ0v) is 18.1. The first-order valence-corrected chi connectivity index (χ1v) is 10.5. The number of rotatable bonds is 12. The molecule has 170 valence electrons. The van der Waals surface area contributed by atoms with E-state index >= 15 is 0 Å². The summed E-state index contributed by atoms with van der Waals surface area (Å²) in [6.07, 6.45) is -1.26. The number of ether oxygens (including phenoxy) is 1. The SMILES string of the molecule is CCNC(=O)C1OC1C(=O)N[C@@H](CC(C)C)C(=O)C[C@@H](Cc1ccc(O)cc1)C(N)=O. The van der Waals surface area contributed by atoms with Gasteiger partial charge in [-0.1, -0.05) is 26.0 Å². The Kier molecular flexibility index (Phi) is 8.56. The number of epoxide rings is 1. The normalized spacial score (nSPS) is 19.4. The molecule has 5 N–H and O–H groups in total. The second-order valence-corrected chi connectivity index (χ2v) is 8.20. The van der Waals surface area contributed by atoms with Gasteiger partial charge in [0.1, 0.15) is 5.75 Å². The molecule has 2 rings (SSSR count). The maximum absolute atomic E-state index is 13.0. The van der Waals surface area contributed by atoms with E-state index in [9.17, 15) is 24.3 Å². The molecule has 3 amide bonds. The number of carbonyl (C=O) groups excluding carboxylic acids is 4. The van der Waals surface area contributed by atoms with Crippen LogP contribution in [0, 0.1) is 11.8 Å². The first-order valence-electron chi connectivity index (χ1n) is 10.5. The fourth-order valence-corrected chi connectivity index (χ4v) is 3.36. The van der Waals surface area contributed by atoms with Crippen molar-refractivity contribution in [2.75, 3.05) is 6.54 Å². The summed E-state index contributed by atoms with van der Waals surface area (Å²) in [5.41, 5.74) is 6.27. The van der Waals surface area contributed by atoms with Crippen LogP contribution in [0.3, 0.4) is 0 Å². The molecule has 4 atom stereocenters. The molecule has 0 spiro atoms. The third kappa shape index (κ3) is 7.36. The molecule has 0 bridgehead atoms. The molecule has 1 saturated heterocycles. The molecule has 2 unspecified atom stereocenters. The Morgan fingerprint density at radius 3 is 2.26 bits per heavy atom. The van der Waals surface area contributed by atoms with Crippen LogP contribution in [0.4, 0.5) is 0 Å². The Balaban J connectivity index is 2.02. The van der Waals surface area contributed by atoms with Crippen LogP contribution in [-0.4, -0.2) is 53.4 Å². The lowest BCUT2D eigenvalue weighted by Gasteiger charge is -2.21. The lowest BCUT2D eigenvalue weighted by molar-refractivity contribution is -0.131. The minimum Gasteiger partial charge on any atom is -0.508 e. The lowest BCUT2D eigenvalue weighted by atomic mass is 9.89. The van der Waals surface area contributed by atoms with E-state index in [2.05, 4.69) is 10.6 Å². The number of aromatic hydroxyl groups is 1. The van der Waals surface area contributed by atoms with Crippen molar-refractivity contribution in [3.05, 3.63) is 29.8 Å². The molecule has 1 aliphatic rings. The monoisotopic (exact) mass is 433 g/mol. The first kappa shape index (κ1) is 24.3. The number of likely N-dealkylation sites (N-methyl/N-ethyl adjacent to an activating group) is 1. The molecule has 1 heterocycles. The number of amides is 3. The number of benzene rings is 1. The number of phenolic OH excluding ortho intramolecular Hbond substituents is 1. The second-order valence-electron chi connectivity index (χ2n) is 8.20. The summed E-state index contributed by atoms with van der Waals surface area (Å²) in [6.45, 7) is 6.02. The van der Waals surface area contributed by atoms with Crippen LogP contribution < -0.4 is 16.4 Å². The maximum atomic E-state index is 13.0. The summed E-state index contributed by atoms with van der Waals surface area (Å²) in [4.78, 5) is 49.2. The van der Waals surface area contributed by atoms with Gasteiger partial charge in [-0.05, 0) is 43.4 Å². The molecule has 1 aromatic rings. The highest BCUT2D eigenvalue weighted by Crippen LogP contribution is 2.23. The fourth-order valence-electron chi connectivity index (χ4n) is 3.36. The van der Waals surface area contributed by atoms with Gasteiger partial charge in [-0.15, -0.1) is 0 Å². The van der Waals surface area contributed by atoms with Gasteiger partial charge < -0.3 is 26.2 Å². The van der Waals surface area contributed by atoms with E-state index in [0.717, 1.165) is 5.56 Å². The first-order chi connectivity index (χ1) is 14.6. The van der Waals surface area contributed by atoms with Crippen LogP contribution in [0.1, 0.15) is 39.2 Å². The molecule has 1 aliphatic heterocycles. The quantitative estimate of drug-likeness (QED) is 0.351. The summed E-state index contributed by atoms with van der Waals surface area (Å²) in [5.74, 6) is -2.34. The number of primary amides is 1. The average Bonchev–Trinajstić information content (AvgIpc) is 3.49. The predicted octanol–water partition coefficient (Wildman–Crippen LogP) is 0.430. The Bertz CT molecular complexity index is 808. The third-order valence-electron chi connectivity index (χ3n) is 5.04. The second kappa shape index (κ2) is 10.9. The summed E-state index contributed by atoms with van der Waals surface area (Å²) in [6, 6.07) is 5.51. The highest BCUT2D eigenvalue weighted by molar-refractivity contribution is 5.98. The Morgan fingerprint density at radius 2 is 1.71 bits per heavy atom. The van der Waals surface area contributed by atoms with Gasteiger partial charge in [-0.2, -0.15) is 0 Å². The van der Waals surface area contributed by atoms with Crippen molar-refractivity contribution in [1.29, 1.82) is 0 Å². The molecule has 1 fully saturated rings. The van der Waals surface area contributed by atoms with Gasteiger partial charge in [0.25, 0.3) is 11.8 Å². The van der Waals surface area contributed by atoms with E-state index in [-0.39, 0.29) is 36.2 Å². The highest BCUT2D eigenvalue weighted by Gasteiger charge is 2.50. The van der Waals surface area contributed by atoms with Crippen LogP contribution in [0.15, 0.2) is 24.3 Å². The standard InChI is InChI=1S/C22H31N3O6/c1-4-24-21(29)18-19(31-18)22(30)25-16(9-12(2)3)17(27)11-14(20(23)28)10-13-5-7-15(26)8-6-13/h5-8,12,14,16,18-19,26H,4,9-11H2,1-3H3,(H2,23,28)(H,24,29)(H,25,30)/t14-,16+,18?,19?/m1/s1. The molecule has 0 aliphatic carbocycles. The van der Waals surface area contributed by atoms with E-state index in [1.54, 1.807) is 19.1 Å². The summed E-state index contributed by atoms with van der Waals surface area (Å²) in [5, 5.41) is 14.7. The Hall–Kier alpha value is -2.94. The summed E-state index contributed by atoms with van der Waals surface area (Å²) >= 11 is 0. The lowest BCUT2D eigenvalue weighted by Crippen LogP contribution is -2.46. The number of nitrogens with two attached hydrogens (primary N) is 1. The van der Waals surface area contributed by atoms with Crippen molar-refractivity contribution in [3.8, 4) is 5.75 Å². The smallest absolute Gasteiger partial charge is 0.253 e. The van der Waals surface area contributed by atoms with Gasteiger partial charge in [0.05, 0.1) is 6.04 Å². The molecule has 1 aromatic carbocycles. The molecule has 9 nitrogen and oxygen atoms in total. The minimum absolute atomic E-state index is 0.100. The number of ketones is 1. The molecular weight excluding hydrogens is 402 g/mol. The van der Waals surface area contributed by atoms with Crippen LogP contribution in [0.2, 0.25) is 0 Å². The van der Waals surface area contributed by atoms with E-state index < -0.39 is 36.0 Å². The number of carbonyl (C=O) groups is 4. The number of hydrogen-bond donors (Lipinski definition) is 4. The zero-order valence-electron chi connectivity index (χ0n) is 18.1. The van der Waals surface area contributed by atoms with Gasteiger partial charge in [0.15, 0.2) is 18.0 Å². The van der Waals surface area contributed by atoms with Gasteiger partial charge >= 0.3 is 0 Å². The highest BCUT2D eigenvalue weighted by atomic mass is 16.6. The van der Waals surface area contributed by atoms with Crippen LogP contribution in [-0.2, 0) is 30.3 Å². The molecule has 31 heavy (non-hydrogen) atoms. The van der Waals surface area contributed by atoms with Gasteiger partial charge in [0.2, 0.25) is 5.91 Å². The van der Waals surface area contributed by atoms with Crippen LogP contribution in [0.5, 0.6) is 5.75 Å². The van der Waals surface area contributed by atoms with Gasteiger partial charge in [-0.3, -0.25) is 19.2 Å². The fraction of sp³-hybridized carbons (Fsp3) is 0.545. The van der Waals surface area contributed by atoms with Crippen molar-refractivity contribution in [3.63, 3.8) is 0 Å². The van der Waals surface area contributed by atoms with Crippen LogP contribution >= 0.6 is 0 Å². The molecule has 9 heteroatoms. The minimum atomic E-state index is -0.919. The molecular formula is C22H31N3O6.